The average molecular weight is 1300 g/mol. The zero-order valence-electron chi connectivity index (χ0n) is 63.6. The standard InChI is InChI=1S/C76H72N4OSi.Pt/c1-73(2,3)54-42-43-77-71(48-54)80-66-36-23-22-34-63(66)64-40-39-59(50-68(64)80)81-58-27-24-26-57(49-58)78-51-79(67-41-38-52(46-69(67)78)53-44-55(74(4,5)6)47-56(45-53)75(7,8)9)72-65(76(10,11)12)35-25-37-70(72)82(60-28-16-13-17-29-60,61-30-18-14-19-31-61)62-32-20-15-21-33-62;/h13-48H,1-12H3;/q-2;/i13D,14D,15D,16D,17D,18D,19D,20D,21D,28D,29D,30D,31D,32D,33D;. The third kappa shape index (κ3) is 10.5. The van der Waals surface area contributed by atoms with E-state index in [0.717, 1.165) is 49.6 Å². The van der Waals surface area contributed by atoms with Crippen molar-refractivity contribution < 1.29 is 50.9 Å². The second-order valence-corrected chi connectivity index (χ2v) is 28.6. The van der Waals surface area contributed by atoms with Gasteiger partial charge in [-0.2, -0.15) is 18.2 Å². The number of aromatic nitrogens is 4. The number of rotatable bonds is 10. The van der Waals surface area contributed by atoms with Gasteiger partial charge in [0.2, 0.25) is 0 Å². The van der Waals surface area contributed by atoms with Gasteiger partial charge in [0.25, 0.3) is 6.33 Å². The van der Waals surface area contributed by atoms with Crippen LogP contribution in [-0.2, 0) is 42.7 Å². The summed E-state index contributed by atoms with van der Waals surface area (Å²) in [6.07, 6.45) is 5.48. The molecule has 418 valence electrons. The van der Waals surface area contributed by atoms with Gasteiger partial charge in [0.15, 0.2) is 8.07 Å². The van der Waals surface area contributed by atoms with Crippen LogP contribution in [0.3, 0.4) is 0 Å². The molecule has 0 fully saturated rings. The summed E-state index contributed by atoms with van der Waals surface area (Å²) in [6, 6.07) is 33.3. The molecule has 5 nitrogen and oxygen atoms in total. The molecule has 0 radical (unpaired) electrons. The Balaban J connectivity index is 0.00000972. The van der Waals surface area contributed by atoms with E-state index in [9.17, 15) is 16.4 Å². The van der Waals surface area contributed by atoms with Gasteiger partial charge in [-0.05, 0) is 111 Å². The van der Waals surface area contributed by atoms with Gasteiger partial charge < -0.3 is 13.9 Å². The van der Waals surface area contributed by atoms with Crippen LogP contribution in [0.25, 0.3) is 61.2 Å². The number of nitrogens with zero attached hydrogens (tertiary/aromatic N) is 4. The van der Waals surface area contributed by atoms with Crippen molar-refractivity contribution in [2.45, 2.75) is 105 Å². The van der Waals surface area contributed by atoms with E-state index in [2.05, 4.69) is 122 Å². The fourth-order valence-electron chi connectivity index (χ4n) is 11.0. The van der Waals surface area contributed by atoms with E-state index in [0.29, 0.717) is 39.6 Å². The van der Waals surface area contributed by atoms with E-state index in [1.165, 1.54) is 0 Å². The molecule has 3 aromatic heterocycles. The first-order chi connectivity index (χ1) is 45.4. The van der Waals surface area contributed by atoms with Gasteiger partial charge in [-0.25, -0.2) is 4.98 Å². The maximum Gasteiger partial charge on any atom is 0.268 e. The first-order valence-electron chi connectivity index (χ1n) is 35.0. The van der Waals surface area contributed by atoms with E-state index in [1.54, 1.807) is 27.3 Å². The van der Waals surface area contributed by atoms with Crippen LogP contribution in [0.15, 0.2) is 218 Å². The van der Waals surface area contributed by atoms with Crippen molar-refractivity contribution in [1.29, 1.82) is 0 Å². The van der Waals surface area contributed by atoms with Crippen LogP contribution < -0.4 is 30.1 Å². The van der Waals surface area contributed by atoms with Crippen LogP contribution >= 0.6 is 0 Å². The molecule has 7 heteroatoms. The predicted octanol–water partition coefficient (Wildman–Crippen LogP) is 15.8. The van der Waals surface area contributed by atoms with Gasteiger partial charge >= 0.3 is 0 Å². The van der Waals surface area contributed by atoms with Crippen molar-refractivity contribution in [2.75, 3.05) is 0 Å². The molecule has 0 aliphatic carbocycles. The zero-order chi connectivity index (χ0) is 70.4. The molecule has 0 atom stereocenters. The number of hydrogen-bond donors (Lipinski definition) is 0. The Morgan fingerprint density at radius 3 is 1.70 bits per heavy atom. The Hall–Kier alpha value is -7.89. The largest absolute Gasteiger partial charge is 0.510 e. The summed E-state index contributed by atoms with van der Waals surface area (Å²) in [5.41, 5.74) is 7.16. The van der Waals surface area contributed by atoms with Gasteiger partial charge in [-0.15, -0.1) is 29.7 Å². The maximum atomic E-state index is 9.99. The van der Waals surface area contributed by atoms with Crippen LogP contribution in [-0.4, -0.2) is 22.2 Å². The zero-order valence-corrected chi connectivity index (χ0v) is 51.9. The quantitative estimate of drug-likeness (QED) is 0.0592. The normalized spacial score (nSPS) is 15.0. The molecule has 0 aliphatic heterocycles. The topological polar surface area (TPSA) is 35.9 Å². The van der Waals surface area contributed by atoms with Crippen LogP contribution in [0, 0.1) is 18.5 Å². The van der Waals surface area contributed by atoms with Crippen LogP contribution in [0.2, 0.25) is 0 Å². The van der Waals surface area contributed by atoms with Crippen molar-refractivity contribution in [2.24, 2.45) is 0 Å². The van der Waals surface area contributed by atoms with Gasteiger partial charge in [0.05, 0.1) is 37.3 Å². The van der Waals surface area contributed by atoms with Gasteiger partial charge in [0.1, 0.15) is 5.82 Å². The van der Waals surface area contributed by atoms with E-state index in [-0.39, 0.29) is 48.2 Å². The molecule has 0 unspecified atom stereocenters. The van der Waals surface area contributed by atoms with Crippen LogP contribution in [0.1, 0.15) is 126 Å². The van der Waals surface area contributed by atoms with Gasteiger partial charge in [-0.3, -0.25) is 4.57 Å². The molecule has 0 bridgehead atoms. The van der Waals surface area contributed by atoms with E-state index in [1.807, 2.05) is 93.7 Å². The van der Waals surface area contributed by atoms with Gasteiger partial charge in [-0.1, -0.05) is 246 Å². The summed E-state index contributed by atoms with van der Waals surface area (Å²) in [4.78, 5) is 4.87. The third-order valence-electron chi connectivity index (χ3n) is 15.4. The number of benzene rings is 9. The fourth-order valence-corrected chi connectivity index (χ4v) is 15.0. The van der Waals surface area contributed by atoms with Crippen LogP contribution in [0.4, 0.5) is 0 Å². The molecule has 0 saturated carbocycles. The summed E-state index contributed by atoms with van der Waals surface area (Å²) < 4.78 is 155. The Morgan fingerprint density at radius 2 is 1.10 bits per heavy atom. The van der Waals surface area contributed by atoms with E-state index >= 15 is 0 Å². The second kappa shape index (κ2) is 21.7. The number of para-hydroxylation sites is 2. The minimum Gasteiger partial charge on any atom is -0.510 e. The molecule has 0 amide bonds. The summed E-state index contributed by atoms with van der Waals surface area (Å²) in [5, 5.41) is 0.0812. The molecular weight excluding hydrogens is 1210 g/mol. The monoisotopic (exact) mass is 1290 g/mol. The van der Waals surface area contributed by atoms with Crippen molar-refractivity contribution in [3.63, 3.8) is 0 Å². The molecule has 12 aromatic rings. The molecule has 0 saturated heterocycles. The molecule has 12 rings (SSSR count). The van der Waals surface area contributed by atoms with Gasteiger partial charge in [0, 0.05) is 44.3 Å². The van der Waals surface area contributed by atoms with E-state index < -0.39 is 120 Å². The smallest absolute Gasteiger partial charge is 0.268 e. The molecule has 3 heterocycles. The number of ether oxygens (including phenoxy) is 1. The first-order valence-corrected chi connectivity index (χ1v) is 29.5. The Bertz CT molecular complexity index is 5000. The van der Waals surface area contributed by atoms with Crippen molar-refractivity contribution in [1.82, 2.24) is 14.1 Å². The number of fused-ring (bicyclic) bond motifs is 4. The minimum atomic E-state index is -5.73. The van der Waals surface area contributed by atoms with Crippen molar-refractivity contribution in [3.05, 3.63) is 259 Å². The molecule has 83 heavy (non-hydrogen) atoms. The van der Waals surface area contributed by atoms with E-state index in [4.69, 9.17) is 13.8 Å². The van der Waals surface area contributed by atoms with Crippen molar-refractivity contribution in [3.8, 4) is 39.8 Å². The summed E-state index contributed by atoms with van der Waals surface area (Å²) in [6.45, 7) is 25.3. The Kier molecular flexibility index (Phi) is 10.8. The molecule has 0 aliphatic rings. The molecular formula is C76H72N4OPtSi-2. The summed E-state index contributed by atoms with van der Waals surface area (Å²) in [5.74, 6) is 1.39. The van der Waals surface area contributed by atoms with Crippen molar-refractivity contribution >= 4 is 61.7 Å². The number of hydrogen-bond acceptors (Lipinski definition) is 2. The fraction of sp³-hybridized carbons (Fsp3) is 0.211. The summed E-state index contributed by atoms with van der Waals surface area (Å²) >= 11 is 0. The predicted molar refractivity (Wildman–Crippen MR) is 344 cm³/mol. The molecule has 0 spiro atoms. The minimum absolute atomic E-state index is 0. The summed E-state index contributed by atoms with van der Waals surface area (Å²) in [7, 11) is -5.73. The Labute approximate surface area is 527 Å². The molecule has 0 N–H and O–H groups in total. The molecule has 9 aromatic carbocycles. The first kappa shape index (κ1) is 41.2. The SMILES string of the molecule is [2H]c1c([2H])c([2H])c([Si](c2cccc(C(C)(C)C)c2-[n+]2[c-]n(-c3[c-]c(Oc4[c-]c5c(cc4)c4ccccc4n5-c4cc(C(C)(C)C)ccn4)ccc3)c3cc(-c4cc(C(C)(C)C)cc(C(C)(C)C)c4)ccc32)(c2c([2H])c([2H])c([2H])c([2H])c2[2H])c2c([2H])c([2H])c([2H])c([2H])c2[2H])c([2H])c1[2H].[Pt]. The Morgan fingerprint density at radius 1 is 0.506 bits per heavy atom. The maximum absolute atomic E-state index is 9.99. The second-order valence-electron chi connectivity index (χ2n) is 25.1. The third-order valence-corrected chi connectivity index (χ3v) is 19.6. The number of imidazole rings is 1. The van der Waals surface area contributed by atoms with Crippen LogP contribution in [0.5, 0.6) is 11.5 Å². The average Bonchev–Trinajstić information content (AvgIpc) is 0.697. The number of pyridine rings is 1.